The van der Waals surface area contributed by atoms with Gasteiger partial charge in [-0.3, -0.25) is 4.79 Å². The lowest BCUT2D eigenvalue weighted by Gasteiger charge is -2.11. The van der Waals surface area contributed by atoms with Crippen LogP contribution in [0.2, 0.25) is 0 Å². The number of nitrogens with one attached hydrogen (secondary N) is 1. The van der Waals surface area contributed by atoms with Gasteiger partial charge in [0.05, 0.1) is 29.5 Å². The topological polar surface area (TPSA) is 59.8 Å². The van der Waals surface area contributed by atoms with Gasteiger partial charge in [-0.15, -0.1) is 16.9 Å². The van der Waals surface area contributed by atoms with Gasteiger partial charge in [-0.05, 0) is 42.8 Å². The number of anilines is 1. The van der Waals surface area contributed by atoms with Gasteiger partial charge in [0.15, 0.2) is 0 Å². The molecule has 0 fully saturated rings. The van der Waals surface area contributed by atoms with Crippen LogP contribution in [-0.4, -0.2) is 26.7 Å². The molecule has 5 nitrogen and oxygen atoms in total. The summed E-state index contributed by atoms with van der Waals surface area (Å²) in [4.78, 5) is 13.4. The quantitative estimate of drug-likeness (QED) is 0.653. The molecule has 3 rings (SSSR count). The molecule has 122 valence electrons. The number of para-hydroxylation sites is 2. The molecule has 0 bridgehead atoms. The molecule has 2 aromatic carbocycles. The number of aromatic nitrogens is 3. The second kappa shape index (κ2) is 7.63. The van der Waals surface area contributed by atoms with Crippen LogP contribution >= 0.6 is 27.7 Å². The minimum atomic E-state index is -0.0603. The Labute approximate surface area is 152 Å². The third kappa shape index (κ3) is 4.04. The number of rotatable bonds is 5. The molecular weight excluding hydrogens is 388 g/mol. The summed E-state index contributed by atoms with van der Waals surface area (Å²) < 4.78 is 2.66. The van der Waals surface area contributed by atoms with Crippen molar-refractivity contribution < 1.29 is 4.79 Å². The highest BCUT2D eigenvalue weighted by atomic mass is 79.9. The number of hydrogen-bond acceptors (Lipinski definition) is 4. The Balaban J connectivity index is 1.67. The molecule has 1 N–H and O–H groups in total. The van der Waals surface area contributed by atoms with Crippen molar-refractivity contribution in [1.29, 1.82) is 0 Å². The highest BCUT2D eigenvalue weighted by Crippen LogP contribution is 2.26. The molecule has 0 spiro atoms. The zero-order valence-corrected chi connectivity index (χ0v) is 15.3. The minimum Gasteiger partial charge on any atom is -0.323 e. The molecule has 0 aliphatic carbocycles. The summed E-state index contributed by atoms with van der Waals surface area (Å²) >= 11 is 4.96. The standard InChI is InChI=1S/C17H15BrN4OS/c1-12-10-13(18)6-7-16(12)24-11-17(23)20-14-4-2-3-5-15(14)22-9-8-19-21-22/h2-10H,11H2,1H3,(H,20,23). The van der Waals surface area contributed by atoms with Crippen LogP contribution in [0, 0.1) is 6.92 Å². The Hall–Kier alpha value is -2.12. The number of hydrogen-bond donors (Lipinski definition) is 1. The third-order valence-corrected chi connectivity index (χ3v) is 5.01. The molecule has 0 saturated carbocycles. The first-order valence-electron chi connectivity index (χ1n) is 7.28. The molecule has 0 saturated heterocycles. The van der Waals surface area contributed by atoms with Crippen LogP contribution in [0.4, 0.5) is 5.69 Å². The van der Waals surface area contributed by atoms with Crippen LogP contribution in [0.3, 0.4) is 0 Å². The van der Waals surface area contributed by atoms with E-state index in [1.54, 1.807) is 17.1 Å². The fraction of sp³-hybridized carbons (Fsp3) is 0.118. The Kier molecular flexibility index (Phi) is 5.32. The third-order valence-electron chi connectivity index (χ3n) is 3.34. The van der Waals surface area contributed by atoms with Crippen molar-refractivity contribution in [2.45, 2.75) is 11.8 Å². The zero-order valence-electron chi connectivity index (χ0n) is 12.9. The zero-order chi connectivity index (χ0) is 16.9. The van der Waals surface area contributed by atoms with Crippen molar-refractivity contribution in [1.82, 2.24) is 15.0 Å². The van der Waals surface area contributed by atoms with Gasteiger partial charge in [0.2, 0.25) is 5.91 Å². The Morgan fingerprint density at radius 2 is 2.12 bits per heavy atom. The summed E-state index contributed by atoms with van der Waals surface area (Å²) in [5.74, 6) is 0.281. The molecule has 0 atom stereocenters. The summed E-state index contributed by atoms with van der Waals surface area (Å²) in [7, 11) is 0. The molecule has 24 heavy (non-hydrogen) atoms. The van der Waals surface area contributed by atoms with Gasteiger partial charge < -0.3 is 5.32 Å². The predicted molar refractivity (Wildman–Crippen MR) is 99.6 cm³/mol. The lowest BCUT2D eigenvalue weighted by molar-refractivity contribution is -0.113. The number of carbonyl (C=O) groups is 1. The Morgan fingerprint density at radius 1 is 1.29 bits per heavy atom. The van der Waals surface area contributed by atoms with E-state index in [2.05, 4.69) is 31.6 Å². The normalized spacial score (nSPS) is 10.6. The second-order valence-electron chi connectivity index (χ2n) is 5.11. The maximum Gasteiger partial charge on any atom is 0.234 e. The van der Waals surface area contributed by atoms with Crippen LogP contribution in [0.15, 0.2) is 64.2 Å². The van der Waals surface area contributed by atoms with Crippen LogP contribution in [0.5, 0.6) is 0 Å². The second-order valence-corrected chi connectivity index (χ2v) is 7.04. The van der Waals surface area contributed by atoms with Gasteiger partial charge in [0.25, 0.3) is 0 Å². The van der Waals surface area contributed by atoms with E-state index in [0.717, 1.165) is 20.6 Å². The van der Waals surface area contributed by atoms with Crippen LogP contribution in [0.1, 0.15) is 5.56 Å². The first-order valence-corrected chi connectivity index (χ1v) is 9.06. The first kappa shape index (κ1) is 16.7. The summed E-state index contributed by atoms with van der Waals surface area (Å²) in [6, 6.07) is 13.5. The molecular formula is C17H15BrN4OS. The number of aryl methyl sites for hydroxylation is 1. The van der Waals surface area contributed by atoms with Crippen LogP contribution < -0.4 is 5.32 Å². The first-order chi connectivity index (χ1) is 11.6. The van der Waals surface area contributed by atoms with E-state index in [4.69, 9.17) is 0 Å². The van der Waals surface area contributed by atoms with Gasteiger partial charge in [-0.25, -0.2) is 4.68 Å². The summed E-state index contributed by atoms with van der Waals surface area (Å²) in [6.07, 6.45) is 3.34. The van der Waals surface area contributed by atoms with Gasteiger partial charge in [-0.1, -0.05) is 33.3 Å². The van der Waals surface area contributed by atoms with E-state index >= 15 is 0 Å². The number of nitrogens with zero attached hydrogens (tertiary/aromatic N) is 3. The molecule has 0 aliphatic heterocycles. The average Bonchev–Trinajstić information content (AvgIpc) is 3.09. The SMILES string of the molecule is Cc1cc(Br)ccc1SCC(=O)Nc1ccccc1-n1ccnn1. The Morgan fingerprint density at radius 3 is 2.88 bits per heavy atom. The molecule has 0 radical (unpaired) electrons. The largest absolute Gasteiger partial charge is 0.323 e. The average molecular weight is 403 g/mol. The molecule has 7 heteroatoms. The fourth-order valence-corrected chi connectivity index (χ4v) is 3.51. The van der Waals surface area contributed by atoms with E-state index in [1.807, 2.05) is 49.4 Å². The van der Waals surface area contributed by atoms with E-state index < -0.39 is 0 Å². The maximum atomic E-state index is 12.3. The van der Waals surface area contributed by atoms with Crippen molar-refractivity contribution >= 4 is 39.3 Å². The molecule has 0 aliphatic rings. The highest BCUT2D eigenvalue weighted by molar-refractivity contribution is 9.10. The number of thioether (sulfide) groups is 1. The molecule has 1 amide bonds. The summed E-state index contributed by atoms with van der Waals surface area (Å²) in [5, 5.41) is 10.7. The number of halogens is 1. The maximum absolute atomic E-state index is 12.3. The van der Waals surface area contributed by atoms with Gasteiger partial charge in [0, 0.05) is 9.37 Å². The van der Waals surface area contributed by atoms with Crippen molar-refractivity contribution in [3.05, 3.63) is 64.9 Å². The Bertz CT molecular complexity index is 852. The van der Waals surface area contributed by atoms with Crippen molar-refractivity contribution in [3.8, 4) is 5.69 Å². The van der Waals surface area contributed by atoms with Crippen molar-refractivity contribution in [3.63, 3.8) is 0 Å². The number of amides is 1. The molecule has 3 aromatic rings. The van der Waals surface area contributed by atoms with Crippen LogP contribution in [-0.2, 0) is 4.79 Å². The summed E-state index contributed by atoms with van der Waals surface area (Å²) in [5.41, 5.74) is 2.64. The molecule has 1 aromatic heterocycles. The predicted octanol–water partition coefficient (Wildman–Crippen LogP) is 4.07. The minimum absolute atomic E-state index is 0.0603. The van der Waals surface area contributed by atoms with Gasteiger partial charge in [0.1, 0.15) is 0 Å². The van der Waals surface area contributed by atoms with E-state index in [1.165, 1.54) is 11.8 Å². The van der Waals surface area contributed by atoms with Gasteiger partial charge in [-0.2, -0.15) is 0 Å². The molecule has 1 heterocycles. The monoisotopic (exact) mass is 402 g/mol. The lowest BCUT2D eigenvalue weighted by atomic mass is 10.2. The van der Waals surface area contributed by atoms with E-state index in [0.29, 0.717) is 11.4 Å². The van der Waals surface area contributed by atoms with E-state index in [-0.39, 0.29) is 5.91 Å². The number of carbonyl (C=O) groups excluding carboxylic acids is 1. The van der Waals surface area contributed by atoms with Gasteiger partial charge >= 0.3 is 0 Å². The highest BCUT2D eigenvalue weighted by Gasteiger charge is 2.10. The smallest absolute Gasteiger partial charge is 0.234 e. The van der Waals surface area contributed by atoms with Crippen LogP contribution in [0.25, 0.3) is 5.69 Å². The molecule has 0 unspecified atom stereocenters. The summed E-state index contributed by atoms with van der Waals surface area (Å²) in [6.45, 7) is 2.03. The number of benzene rings is 2. The lowest BCUT2D eigenvalue weighted by Crippen LogP contribution is -2.16. The van der Waals surface area contributed by atoms with Crippen molar-refractivity contribution in [2.75, 3.05) is 11.1 Å². The fourth-order valence-electron chi connectivity index (χ4n) is 2.22. The van der Waals surface area contributed by atoms with E-state index in [9.17, 15) is 4.79 Å². The van der Waals surface area contributed by atoms with Crippen molar-refractivity contribution in [2.24, 2.45) is 0 Å².